The molecule has 0 radical (unpaired) electrons. The fourth-order valence-corrected chi connectivity index (χ4v) is 2.29. The van der Waals surface area contributed by atoms with Crippen LogP contribution >= 0.6 is 11.6 Å². The van der Waals surface area contributed by atoms with E-state index in [2.05, 4.69) is 0 Å². The van der Waals surface area contributed by atoms with Gasteiger partial charge in [-0.15, -0.1) is 0 Å². The third kappa shape index (κ3) is 3.19. The molecule has 0 heterocycles. The summed E-state index contributed by atoms with van der Waals surface area (Å²) < 4.78 is 38.1. The molecule has 6 heteroatoms. The van der Waals surface area contributed by atoms with Gasteiger partial charge in [0.05, 0.1) is 11.1 Å². The molecule has 0 aliphatic rings. The summed E-state index contributed by atoms with van der Waals surface area (Å²) in [6.45, 7) is 1.71. The Hall–Kier alpha value is -2.01. The van der Waals surface area contributed by atoms with Gasteiger partial charge < -0.3 is 5.11 Å². The van der Waals surface area contributed by atoms with Crippen LogP contribution in [0.4, 0.5) is 13.2 Å². The Labute approximate surface area is 123 Å². The van der Waals surface area contributed by atoms with Crippen molar-refractivity contribution in [3.63, 3.8) is 0 Å². The summed E-state index contributed by atoms with van der Waals surface area (Å²) in [4.78, 5) is 11.3. The van der Waals surface area contributed by atoms with Crippen molar-refractivity contribution in [2.24, 2.45) is 0 Å². The van der Waals surface area contributed by atoms with Gasteiger partial charge in [-0.05, 0) is 47.9 Å². The van der Waals surface area contributed by atoms with Crippen molar-refractivity contribution in [1.82, 2.24) is 0 Å². The lowest BCUT2D eigenvalue weighted by Gasteiger charge is -2.13. The molecular weight excluding hydrogens is 305 g/mol. The minimum atomic E-state index is -4.59. The normalized spacial score (nSPS) is 11.5. The first-order chi connectivity index (χ1) is 9.70. The maximum atomic E-state index is 12.7. The minimum Gasteiger partial charge on any atom is -0.478 e. The molecular formula is C15H10ClF3O2. The zero-order valence-electron chi connectivity index (χ0n) is 10.8. The molecule has 2 aromatic rings. The molecule has 0 atom stereocenters. The number of alkyl halides is 3. The summed E-state index contributed by atoms with van der Waals surface area (Å²) in [7, 11) is 0. The monoisotopic (exact) mass is 314 g/mol. The van der Waals surface area contributed by atoms with E-state index in [1.165, 1.54) is 6.07 Å². The molecule has 0 saturated heterocycles. The molecule has 0 amide bonds. The average molecular weight is 315 g/mol. The van der Waals surface area contributed by atoms with Gasteiger partial charge in [0.2, 0.25) is 0 Å². The fraction of sp³-hybridized carbons (Fsp3) is 0.133. The molecule has 0 aromatic heterocycles. The van der Waals surface area contributed by atoms with Crippen molar-refractivity contribution in [1.29, 1.82) is 0 Å². The fourth-order valence-electron chi connectivity index (χ4n) is 2.06. The molecule has 2 nitrogen and oxygen atoms in total. The van der Waals surface area contributed by atoms with Crippen molar-refractivity contribution in [2.75, 3.05) is 0 Å². The first-order valence-electron chi connectivity index (χ1n) is 5.91. The quantitative estimate of drug-likeness (QED) is 0.844. The zero-order chi connectivity index (χ0) is 15.8. The SMILES string of the molecule is Cc1cc(Cl)ccc1-c1ccc(C(F)(F)F)cc1C(=O)O. The smallest absolute Gasteiger partial charge is 0.416 e. The van der Waals surface area contributed by atoms with Crippen molar-refractivity contribution >= 4 is 17.6 Å². The van der Waals surface area contributed by atoms with Crippen LogP contribution in [0.5, 0.6) is 0 Å². The lowest BCUT2D eigenvalue weighted by atomic mass is 9.94. The molecule has 0 unspecified atom stereocenters. The number of aromatic carboxylic acids is 1. The largest absolute Gasteiger partial charge is 0.478 e. The van der Waals surface area contributed by atoms with E-state index in [-0.39, 0.29) is 5.56 Å². The molecule has 21 heavy (non-hydrogen) atoms. The van der Waals surface area contributed by atoms with E-state index in [1.54, 1.807) is 25.1 Å². The molecule has 2 aromatic carbocycles. The lowest BCUT2D eigenvalue weighted by molar-refractivity contribution is -0.137. The average Bonchev–Trinajstić information content (AvgIpc) is 2.37. The third-order valence-corrected chi connectivity index (χ3v) is 3.29. The summed E-state index contributed by atoms with van der Waals surface area (Å²) in [5.74, 6) is -1.41. The molecule has 2 rings (SSSR count). The molecule has 1 N–H and O–H groups in total. The summed E-state index contributed by atoms with van der Waals surface area (Å²) >= 11 is 5.83. The van der Waals surface area contributed by atoms with Crippen molar-refractivity contribution < 1.29 is 23.1 Å². The highest BCUT2D eigenvalue weighted by molar-refractivity contribution is 6.30. The predicted molar refractivity (Wildman–Crippen MR) is 73.6 cm³/mol. The summed E-state index contributed by atoms with van der Waals surface area (Å²) in [6, 6.07) is 7.46. The maximum Gasteiger partial charge on any atom is 0.416 e. The summed E-state index contributed by atoms with van der Waals surface area (Å²) in [6.07, 6.45) is -4.59. The van der Waals surface area contributed by atoms with Crippen LogP contribution in [0.2, 0.25) is 5.02 Å². The van der Waals surface area contributed by atoms with Crippen LogP contribution in [0, 0.1) is 6.92 Å². The van der Waals surface area contributed by atoms with Crippen LogP contribution in [0.1, 0.15) is 21.5 Å². The van der Waals surface area contributed by atoms with Gasteiger partial charge in [0, 0.05) is 5.02 Å². The Morgan fingerprint density at radius 1 is 1.10 bits per heavy atom. The number of carbonyl (C=O) groups is 1. The van der Waals surface area contributed by atoms with Gasteiger partial charge in [0.15, 0.2) is 0 Å². The number of carboxylic acid groups (broad SMARTS) is 1. The molecule has 0 saturated carbocycles. The molecule has 0 aliphatic carbocycles. The van der Waals surface area contributed by atoms with E-state index in [1.807, 2.05) is 0 Å². The Kier molecular flexibility index (Phi) is 3.96. The lowest BCUT2D eigenvalue weighted by Crippen LogP contribution is -2.08. The van der Waals surface area contributed by atoms with Crippen LogP contribution in [0.3, 0.4) is 0 Å². The Bertz CT molecular complexity index is 709. The number of halogens is 4. The third-order valence-electron chi connectivity index (χ3n) is 3.06. The molecule has 0 bridgehead atoms. The molecule has 0 fully saturated rings. The maximum absolute atomic E-state index is 12.7. The molecule has 0 aliphatic heterocycles. The van der Waals surface area contributed by atoms with Crippen LogP contribution in [-0.4, -0.2) is 11.1 Å². The minimum absolute atomic E-state index is 0.227. The number of aryl methyl sites for hydroxylation is 1. The summed E-state index contributed by atoms with van der Waals surface area (Å²) in [5.41, 5.74) is 0.0606. The Morgan fingerprint density at radius 2 is 1.71 bits per heavy atom. The predicted octanol–water partition coefficient (Wildman–Crippen LogP) is 5.03. The van der Waals surface area contributed by atoms with Crippen LogP contribution in [0.25, 0.3) is 11.1 Å². The highest BCUT2D eigenvalue weighted by atomic mass is 35.5. The van der Waals surface area contributed by atoms with E-state index in [0.717, 1.165) is 6.07 Å². The van der Waals surface area contributed by atoms with E-state index in [0.29, 0.717) is 22.2 Å². The zero-order valence-corrected chi connectivity index (χ0v) is 11.6. The number of hydrogen-bond acceptors (Lipinski definition) is 1. The van der Waals surface area contributed by atoms with E-state index >= 15 is 0 Å². The molecule has 110 valence electrons. The van der Waals surface area contributed by atoms with Crippen LogP contribution < -0.4 is 0 Å². The second kappa shape index (κ2) is 5.41. The van der Waals surface area contributed by atoms with Gasteiger partial charge in [-0.1, -0.05) is 23.7 Å². The Morgan fingerprint density at radius 3 is 2.24 bits per heavy atom. The van der Waals surface area contributed by atoms with Crippen molar-refractivity contribution in [2.45, 2.75) is 13.1 Å². The van der Waals surface area contributed by atoms with E-state index in [9.17, 15) is 18.0 Å². The van der Waals surface area contributed by atoms with Gasteiger partial charge in [0.25, 0.3) is 0 Å². The van der Waals surface area contributed by atoms with Gasteiger partial charge in [-0.2, -0.15) is 13.2 Å². The first kappa shape index (κ1) is 15.4. The standard InChI is InChI=1S/C15H10ClF3O2/c1-8-6-10(16)3-5-11(8)12-4-2-9(15(17,18)19)7-13(12)14(20)21/h2-7H,1H3,(H,20,21). The van der Waals surface area contributed by atoms with Gasteiger partial charge in [-0.25, -0.2) is 4.79 Å². The van der Waals surface area contributed by atoms with Crippen LogP contribution in [0.15, 0.2) is 36.4 Å². The van der Waals surface area contributed by atoms with Gasteiger partial charge >= 0.3 is 12.1 Å². The van der Waals surface area contributed by atoms with E-state index < -0.39 is 23.3 Å². The second-order valence-corrected chi connectivity index (χ2v) is 4.96. The highest BCUT2D eigenvalue weighted by Crippen LogP contribution is 2.35. The number of benzene rings is 2. The topological polar surface area (TPSA) is 37.3 Å². The second-order valence-electron chi connectivity index (χ2n) is 4.52. The van der Waals surface area contributed by atoms with Crippen molar-refractivity contribution in [3.8, 4) is 11.1 Å². The number of rotatable bonds is 2. The number of carboxylic acids is 1. The van der Waals surface area contributed by atoms with Crippen molar-refractivity contribution in [3.05, 3.63) is 58.1 Å². The Balaban J connectivity index is 2.66. The van der Waals surface area contributed by atoms with Gasteiger partial charge in [0.1, 0.15) is 0 Å². The van der Waals surface area contributed by atoms with Crippen LogP contribution in [-0.2, 0) is 6.18 Å². The highest BCUT2D eigenvalue weighted by Gasteiger charge is 2.32. The van der Waals surface area contributed by atoms with E-state index in [4.69, 9.17) is 16.7 Å². The number of hydrogen-bond donors (Lipinski definition) is 1. The first-order valence-corrected chi connectivity index (χ1v) is 6.29. The summed E-state index contributed by atoms with van der Waals surface area (Å²) in [5, 5.41) is 9.64. The molecule has 0 spiro atoms. The van der Waals surface area contributed by atoms with Gasteiger partial charge in [-0.3, -0.25) is 0 Å².